The van der Waals surface area contributed by atoms with Crippen LogP contribution in [0.1, 0.15) is 62.3 Å². The van der Waals surface area contributed by atoms with Crippen molar-refractivity contribution in [2.45, 2.75) is 58.9 Å². The number of anilines is 1. The predicted octanol–water partition coefficient (Wildman–Crippen LogP) is 4.80. The summed E-state index contributed by atoms with van der Waals surface area (Å²) < 4.78 is 0. The van der Waals surface area contributed by atoms with Gasteiger partial charge < -0.3 is 4.90 Å². The van der Waals surface area contributed by atoms with Crippen LogP contribution >= 0.6 is 0 Å². The molecule has 1 aliphatic heterocycles. The molecule has 4 nitrogen and oxygen atoms in total. The van der Waals surface area contributed by atoms with Gasteiger partial charge in [0, 0.05) is 17.8 Å². The Morgan fingerprint density at radius 3 is 2.68 bits per heavy atom. The number of rotatable bonds is 5. The van der Waals surface area contributed by atoms with E-state index in [2.05, 4.69) is 62.2 Å². The Hall–Kier alpha value is -2.62. The molecule has 3 rings (SSSR count). The van der Waals surface area contributed by atoms with Crippen molar-refractivity contribution in [2.24, 2.45) is 5.10 Å². The van der Waals surface area contributed by atoms with Crippen LogP contribution < -0.4 is 10.3 Å². The first-order chi connectivity index (χ1) is 13.3. The molecular weight excluding hydrogens is 346 g/mol. The first-order valence-electron chi connectivity index (χ1n) is 10.1. The average molecular weight is 378 g/mol. The van der Waals surface area contributed by atoms with Crippen LogP contribution in [0.5, 0.6) is 0 Å². The largest absolute Gasteiger partial charge is 0.366 e. The van der Waals surface area contributed by atoms with Crippen LogP contribution in [-0.2, 0) is 11.2 Å². The lowest BCUT2D eigenvalue weighted by atomic mass is 9.79. The summed E-state index contributed by atoms with van der Waals surface area (Å²) in [5.41, 5.74) is 8.71. The van der Waals surface area contributed by atoms with E-state index in [0.29, 0.717) is 12.3 Å². The molecular formula is C24H31N3O. The molecule has 4 heteroatoms. The van der Waals surface area contributed by atoms with E-state index in [1.54, 1.807) is 6.21 Å². The number of fused-ring (bicyclic) bond motifs is 1. The highest BCUT2D eigenvalue weighted by Crippen LogP contribution is 2.43. The molecule has 28 heavy (non-hydrogen) atoms. The fraction of sp³-hybridized carbons (Fsp3) is 0.417. The number of hydrogen-bond acceptors (Lipinski definition) is 3. The van der Waals surface area contributed by atoms with E-state index in [1.165, 1.54) is 16.8 Å². The molecule has 0 radical (unpaired) electrons. The summed E-state index contributed by atoms with van der Waals surface area (Å²) in [4.78, 5) is 14.6. The Kier molecular flexibility index (Phi) is 5.87. The van der Waals surface area contributed by atoms with E-state index in [9.17, 15) is 4.79 Å². The number of benzene rings is 2. The Bertz CT molecular complexity index is 871. The minimum atomic E-state index is -0.106. The number of hydrogen-bond donors (Lipinski definition) is 1. The van der Waals surface area contributed by atoms with Gasteiger partial charge in [-0.25, -0.2) is 5.43 Å². The molecule has 1 amide bonds. The van der Waals surface area contributed by atoms with Gasteiger partial charge in [0.2, 0.25) is 5.91 Å². The first-order valence-corrected chi connectivity index (χ1v) is 10.1. The molecule has 0 saturated carbocycles. The minimum Gasteiger partial charge on any atom is -0.366 e. The highest BCUT2D eigenvalue weighted by Gasteiger charge is 2.35. The molecule has 2 aromatic rings. The molecule has 1 N–H and O–H groups in total. The maximum atomic E-state index is 12.1. The molecule has 0 unspecified atom stereocenters. The number of carbonyl (C=O) groups excluding carboxylic acids is 1. The molecule has 1 aliphatic rings. The number of nitrogens with zero attached hydrogens (tertiary/aromatic N) is 2. The standard InChI is InChI=1S/C24H31N3O/c1-6-27-22-12-17(2)20(14-21(22)18(3)15-24(27,4)5)16-25-26-23(28)13-19-10-8-7-9-11-19/h7-12,14,16,18H,6,13,15H2,1-5H3,(H,26,28)/b25-16-/t18-/m1/s1. The highest BCUT2D eigenvalue weighted by atomic mass is 16.2. The lowest BCUT2D eigenvalue weighted by molar-refractivity contribution is -0.120. The summed E-state index contributed by atoms with van der Waals surface area (Å²) in [5.74, 6) is 0.388. The van der Waals surface area contributed by atoms with Crippen LogP contribution in [0.2, 0.25) is 0 Å². The van der Waals surface area contributed by atoms with Gasteiger partial charge in [0.25, 0.3) is 0 Å². The van der Waals surface area contributed by atoms with Crippen molar-refractivity contribution in [1.29, 1.82) is 0 Å². The summed E-state index contributed by atoms with van der Waals surface area (Å²) in [6, 6.07) is 14.2. The fourth-order valence-electron chi connectivity index (χ4n) is 4.38. The zero-order valence-electron chi connectivity index (χ0n) is 17.6. The highest BCUT2D eigenvalue weighted by molar-refractivity contribution is 5.86. The molecule has 1 atom stereocenters. The molecule has 0 aromatic heterocycles. The maximum Gasteiger partial charge on any atom is 0.244 e. The Balaban J connectivity index is 1.76. The number of carbonyl (C=O) groups is 1. The van der Waals surface area contributed by atoms with Crippen LogP contribution in [0.3, 0.4) is 0 Å². The normalized spacial score (nSPS) is 18.2. The second-order valence-electron chi connectivity index (χ2n) is 8.39. The lowest BCUT2D eigenvalue weighted by Crippen LogP contribution is -2.48. The van der Waals surface area contributed by atoms with Crippen molar-refractivity contribution in [1.82, 2.24) is 5.43 Å². The monoisotopic (exact) mass is 377 g/mol. The van der Waals surface area contributed by atoms with Crippen molar-refractivity contribution in [3.63, 3.8) is 0 Å². The van der Waals surface area contributed by atoms with Crippen molar-refractivity contribution in [3.8, 4) is 0 Å². The predicted molar refractivity (Wildman–Crippen MR) is 117 cm³/mol. The Labute approximate surface area is 168 Å². The topological polar surface area (TPSA) is 44.7 Å². The van der Waals surface area contributed by atoms with Gasteiger partial charge in [-0.3, -0.25) is 4.79 Å². The van der Waals surface area contributed by atoms with Gasteiger partial charge >= 0.3 is 0 Å². The molecule has 148 valence electrons. The van der Waals surface area contributed by atoms with Crippen LogP contribution in [-0.4, -0.2) is 24.2 Å². The molecule has 0 saturated heterocycles. The van der Waals surface area contributed by atoms with E-state index < -0.39 is 0 Å². The molecule has 0 aliphatic carbocycles. The van der Waals surface area contributed by atoms with Gasteiger partial charge in [-0.15, -0.1) is 0 Å². The van der Waals surface area contributed by atoms with Gasteiger partial charge in [-0.2, -0.15) is 5.10 Å². The summed E-state index contributed by atoms with van der Waals surface area (Å²) in [6.07, 6.45) is 3.22. The van der Waals surface area contributed by atoms with Crippen molar-refractivity contribution in [2.75, 3.05) is 11.4 Å². The summed E-state index contributed by atoms with van der Waals surface area (Å²) >= 11 is 0. The molecule has 1 heterocycles. The van der Waals surface area contributed by atoms with Crippen molar-refractivity contribution < 1.29 is 4.79 Å². The number of nitrogens with one attached hydrogen (secondary N) is 1. The fourth-order valence-corrected chi connectivity index (χ4v) is 4.38. The third kappa shape index (κ3) is 4.27. The Morgan fingerprint density at radius 2 is 2.00 bits per heavy atom. The quantitative estimate of drug-likeness (QED) is 0.601. The number of hydrazone groups is 1. The van der Waals surface area contributed by atoms with Crippen molar-refractivity contribution >= 4 is 17.8 Å². The van der Waals surface area contributed by atoms with E-state index in [4.69, 9.17) is 0 Å². The smallest absolute Gasteiger partial charge is 0.244 e. The lowest BCUT2D eigenvalue weighted by Gasteiger charge is -2.47. The van der Waals surface area contributed by atoms with E-state index in [1.807, 2.05) is 30.3 Å². The second kappa shape index (κ2) is 8.17. The zero-order valence-corrected chi connectivity index (χ0v) is 17.6. The number of aryl methyl sites for hydroxylation is 1. The third-order valence-corrected chi connectivity index (χ3v) is 5.69. The molecule has 2 aromatic carbocycles. The summed E-state index contributed by atoms with van der Waals surface area (Å²) in [6.45, 7) is 12.3. The SMILES string of the molecule is CCN1c2cc(C)c(/C=N\NC(=O)Cc3ccccc3)cc2[C@H](C)CC1(C)C. The van der Waals surface area contributed by atoms with E-state index in [-0.39, 0.29) is 11.4 Å². The van der Waals surface area contributed by atoms with Crippen LogP contribution in [0.15, 0.2) is 47.6 Å². The van der Waals surface area contributed by atoms with Gasteiger partial charge in [-0.1, -0.05) is 37.3 Å². The van der Waals surface area contributed by atoms with Crippen molar-refractivity contribution in [3.05, 3.63) is 64.7 Å². The van der Waals surface area contributed by atoms with Crippen LogP contribution in [0, 0.1) is 6.92 Å². The van der Waals surface area contributed by atoms with E-state index in [0.717, 1.165) is 24.1 Å². The minimum absolute atomic E-state index is 0.106. The van der Waals surface area contributed by atoms with E-state index >= 15 is 0 Å². The number of amides is 1. The first kappa shape index (κ1) is 20.1. The Morgan fingerprint density at radius 1 is 1.29 bits per heavy atom. The molecule has 0 fully saturated rings. The van der Waals surface area contributed by atoms with Crippen LogP contribution in [0.25, 0.3) is 0 Å². The molecule has 0 spiro atoms. The summed E-state index contributed by atoms with van der Waals surface area (Å²) in [7, 11) is 0. The third-order valence-electron chi connectivity index (χ3n) is 5.69. The van der Waals surface area contributed by atoms with Gasteiger partial charge in [-0.05, 0) is 74.4 Å². The van der Waals surface area contributed by atoms with Gasteiger partial charge in [0.05, 0.1) is 12.6 Å². The summed E-state index contributed by atoms with van der Waals surface area (Å²) in [5, 5.41) is 4.20. The maximum absolute atomic E-state index is 12.1. The van der Waals surface area contributed by atoms with Gasteiger partial charge in [0.15, 0.2) is 0 Å². The van der Waals surface area contributed by atoms with Crippen LogP contribution in [0.4, 0.5) is 5.69 Å². The molecule has 0 bridgehead atoms. The average Bonchev–Trinajstić information content (AvgIpc) is 2.63. The zero-order chi connectivity index (χ0) is 20.3. The van der Waals surface area contributed by atoms with Gasteiger partial charge in [0.1, 0.15) is 0 Å². The second-order valence-corrected chi connectivity index (χ2v) is 8.39.